The monoisotopic (exact) mass is 304 g/mol. The van der Waals surface area contributed by atoms with Crippen molar-refractivity contribution in [2.24, 2.45) is 0 Å². The molecule has 0 fully saturated rings. The molecule has 0 aliphatic heterocycles. The van der Waals surface area contributed by atoms with Gasteiger partial charge >= 0.3 is 5.69 Å². The topological polar surface area (TPSA) is 99.3 Å². The molecular weight excluding hydrogens is 288 g/mol. The average molecular weight is 304 g/mol. The minimum Gasteiger partial charge on any atom is -0.271 e. The molecule has 0 saturated heterocycles. The first-order chi connectivity index (χ1) is 10.5. The molecule has 0 spiro atoms. The van der Waals surface area contributed by atoms with Crippen LogP contribution in [0.5, 0.6) is 0 Å². The van der Waals surface area contributed by atoms with Gasteiger partial charge in [0.15, 0.2) is 0 Å². The molecule has 1 N–H and O–H groups in total. The fourth-order valence-electron chi connectivity index (χ4n) is 2.05. The Balaban J connectivity index is 1.90. The molecule has 0 bridgehead atoms. The number of nitrogens with zero attached hydrogens (tertiary/aromatic N) is 3. The van der Waals surface area contributed by atoms with E-state index in [0.29, 0.717) is 5.69 Å². The van der Waals surface area contributed by atoms with E-state index in [4.69, 9.17) is 4.84 Å². The van der Waals surface area contributed by atoms with Gasteiger partial charge in [-0.2, -0.15) is 5.10 Å². The van der Waals surface area contributed by atoms with Crippen molar-refractivity contribution in [1.82, 2.24) is 15.3 Å². The van der Waals surface area contributed by atoms with Crippen LogP contribution in [0.1, 0.15) is 17.0 Å². The highest BCUT2D eigenvalue weighted by atomic mass is 16.7. The molecule has 8 nitrogen and oxygen atoms in total. The molecule has 0 aliphatic rings. The number of aryl methyl sites for hydroxylation is 1. The maximum Gasteiger partial charge on any atom is 0.312 e. The number of benzene rings is 1. The molecule has 0 aliphatic carbocycles. The summed E-state index contributed by atoms with van der Waals surface area (Å²) < 4.78 is 1.29. The van der Waals surface area contributed by atoms with Crippen molar-refractivity contribution in [3.05, 3.63) is 57.4 Å². The highest BCUT2D eigenvalue weighted by Crippen LogP contribution is 2.21. The highest BCUT2D eigenvalue weighted by molar-refractivity contribution is 5.74. The molecule has 0 unspecified atom stereocenters. The molecule has 1 aromatic heterocycles. The maximum atomic E-state index is 11.8. The number of nitro groups is 1. The summed E-state index contributed by atoms with van der Waals surface area (Å²) >= 11 is 0. The lowest BCUT2D eigenvalue weighted by Crippen LogP contribution is -2.28. The summed E-state index contributed by atoms with van der Waals surface area (Å²) in [6.07, 6.45) is 0. The Morgan fingerprint density at radius 2 is 2.05 bits per heavy atom. The predicted molar refractivity (Wildman–Crippen MR) is 77.7 cm³/mol. The number of carbonyl (C=O) groups excluding carboxylic acids is 1. The zero-order valence-corrected chi connectivity index (χ0v) is 12.3. The van der Waals surface area contributed by atoms with E-state index >= 15 is 0 Å². The lowest BCUT2D eigenvalue weighted by molar-refractivity contribution is -0.386. The summed E-state index contributed by atoms with van der Waals surface area (Å²) in [5.41, 5.74) is 3.76. The van der Waals surface area contributed by atoms with Crippen LogP contribution in [0, 0.1) is 24.0 Å². The zero-order valence-electron chi connectivity index (χ0n) is 12.3. The van der Waals surface area contributed by atoms with E-state index < -0.39 is 10.8 Å². The number of aromatic nitrogens is 2. The van der Waals surface area contributed by atoms with Crippen LogP contribution in [-0.2, 0) is 22.8 Å². The molecule has 2 aromatic rings. The highest BCUT2D eigenvalue weighted by Gasteiger charge is 2.22. The smallest absolute Gasteiger partial charge is 0.271 e. The van der Waals surface area contributed by atoms with Gasteiger partial charge in [-0.25, -0.2) is 5.48 Å². The number of hydrogen-bond acceptors (Lipinski definition) is 5. The van der Waals surface area contributed by atoms with E-state index in [0.717, 1.165) is 5.56 Å². The van der Waals surface area contributed by atoms with E-state index in [1.54, 1.807) is 6.92 Å². The van der Waals surface area contributed by atoms with Crippen LogP contribution < -0.4 is 5.48 Å². The molecular formula is C14H16N4O4. The third-order valence-corrected chi connectivity index (χ3v) is 3.09. The van der Waals surface area contributed by atoms with Crippen molar-refractivity contribution in [2.75, 3.05) is 0 Å². The van der Waals surface area contributed by atoms with Crippen LogP contribution in [0.25, 0.3) is 0 Å². The first kappa shape index (κ1) is 15.6. The summed E-state index contributed by atoms with van der Waals surface area (Å²) in [5, 5.41) is 14.9. The summed E-state index contributed by atoms with van der Waals surface area (Å²) in [4.78, 5) is 27.3. The number of nitrogens with one attached hydrogen (secondary N) is 1. The van der Waals surface area contributed by atoms with Gasteiger partial charge < -0.3 is 0 Å². The summed E-state index contributed by atoms with van der Waals surface area (Å²) in [7, 11) is 0. The second kappa shape index (κ2) is 6.81. The number of amides is 1. The first-order valence-corrected chi connectivity index (χ1v) is 6.62. The Morgan fingerprint density at radius 3 is 2.64 bits per heavy atom. The maximum absolute atomic E-state index is 11.8. The van der Waals surface area contributed by atoms with Crippen LogP contribution in [0.2, 0.25) is 0 Å². The van der Waals surface area contributed by atoms with Gasteiger partial charge in [-0.3, -0.25) is 24.4 Å². The van der Waals surface area contributed by atoms with Crippen LogP contribution >= 0.6 is 0 Å². The molecule has 116 valence electrons. The van der Waals surface area contributed by atoms with Crippen molar-refractivity contribution >= 4 is 11.6 Å². The van der Waals surface area contributed by atoms with E-state index in [-0.39, 0.29) is 24.5 Å². The molecule has 0 atom stereocenters. The van der Waals surface area contributed by atoms with Crippen molar-refractivity contribution in [2.45, 2.75) is 27.0 Å². The van der Waals surface area contributed by atoms with Crippen LogP contribution in [0.3, 0.4) is 0 Å². The Morgan fingerprint density at radius 1 is 1.36 bits per heavy atom. The van der Waals surface area contributed by atoms with E-state index in [1.165, 1.54) is 11.6 Å². The molecule has 1 heterocycles. The van der Waals surface area contributed by atoms with Crippen LogP contribution in [0.15, 0.2) is 30.3 Å². The molecule has 2 rings (SSSR count). The standard InChI is InChI=1S/C14H16N4O4/c1-10-14(18(20)21)11(2)17(15-10)8-13(19)16-22-9-12-6-4-3-5-7-12/h3-7H,8-9H2,1-2H3,(H,16,19). The Bertz CT molecular complexity index is 682. The second-order valence-electron chi connectivity index (χ2n) is 4.73. The van der Waals surface area contributed by atoms with E-state index in [1.807, 2.05) is 30.3 Å². The van der Waals surface area contributed by atoms with Gasteiger partial charge in [0.05, 0.1) is 11.5 Å². The van der Waals surface area contributed by atoms with Crippen molar-refractivity contribution in [1.29, 1.82) is 0 Å². The predicted octanol–water partition coefficient (Wildman–Crippen LogP) is 1.66. The quantitative estimate of drug-likeness (QED) is 0.646. The SMILES string of the molecule is Cc1nn(CC(=O)NOCc2ccccc2)c(C)c1[N+](=O)[O-]. The van der Waals surface area contributed by atoms with Crippen molar-refractivity contribution in [3.8, 4) is 0 Å². The van der Waals surface area contributed by atoms with Gasteiger partial charge in [-0.1, -0.05) is 30.3 Å². The molecule has 1 amide bonds. The Kier molecular flexibility index (Phi) is 4.84. The third kappa shape index (κ3) is 3.67. The number of carbonyl (C=O) groups is 1. The van der Waals surface area contributed by atoms with Crippen LogP contribution in [0.4, 0.5) is 5.69 Å². The fraction of sp³-hybridized carbons (Fsp3) is 0.286. The van der Waals surface area contributed by atoms with Gasteiger partial charge in [0.2, 0.25) is 0 Å². The van der Waals surface area contributed by atoms with Gasteiger partial charge in [0.1, 0.15) is 17.9 Å². The molecule has 22 heavy (non-hydrogen) atoms. The molecule has 8 heteroatoms. The number of rotatable bonds is 6. The van der Waals surface area contributed by atoms with Gasteiger partial charge in [0.25, 0.3) is 5.91 Å². The minimum atomic E-state index is -0.502. The fourth-order valence-corrected chi connectivity index (χ4v) is 2.05. The normalized spacial score (nSPS) is 10.5. The van der Waals surface area contributed by atoms with E-state index in [2.05, 4.69) is 10.6 Å². The summed E-state index contributed by atoms with van der Waals surface area (Å²) in [6, 6.07) is 9.37. The minimum absolute atomic E-state index is 0.0713. The van der Waals surface area contributed by atoms with E-state index in [9.17, 15) is 14.9 Å². The largest absolute Gasteiger partial charge is 0.312 e. The second-order valence-corrected chi connectivity index (χ2v) is 4.73. The molecule has 0 radical (unpaired) electrons. The Hall–Kier alpha value is -2.74. The van der Waals surface area contributed by atoms with Crippen molar-refractivity contribution in [3.63, 3.8) is 0 Å². The molecule has 0 saturated carbocycles. The zero-order chi connectivity index (χ0) is 16.1. The van der Waals surface area contributed by atoms with Gasteiger partial charge in [-0.15, -0.1) is 0 Å². The van der Waals surface area contributed by atoms with Crippen LogP contribution in [-0.4, -0.2) is 20.6 Å². The molecule has 1 aromatic carbocycles. The number of hydroxylamine groups is 1. The lowest BCUT2D eigenvalue weighted by atomic mass is 10.2. The first-order valence-electron chi connectivity index (χ1n) is 6.62. The summed E-state index contributed by atoms with van der Waals surface area (Å²) in [6.45, 7) is 3.18. The van der Waals surface area contributed by atoms with Gasteiger partial charge in [-0.05, 0) is 19.4 Å². The third-order valence-electron chi connectivity index (χ3n) is 3.09. The Labute approximate surface area is 126 Å². The van der Waals surface area contributed by atoms with Gasteiger partial charge in [0, 0.05) is 0 Å². The summed E-state index contributed by atoms with van der Waals surface area (Å²) in [5.74, 6) is -0.434. The van der Waals surface area contributed by atoms with Crippen molar-refractivity contribution < 1.29 is 14.6 Å². The lowest BCUT2D eigenvalue weighted by Gasteiger charge is -2.07. The number of hydrogen-bond donors (Lipinski definition) is 1. The average Bonchev–Trinajstić information content (AvgIpc) is 2.74.